The molecule has 0 amide bonds. The highest BCUT2D eigenvalue weighted by Crippen LogP contribution is 2.42. The highest BCUT2D eigenvalue weighted by Gasteiger charge is 2.71. The minimum atomic E-state index is -1.33. The van der Waals surface area contributed by atoms with Gasteiger partial charge in [-0.3, -0.25) is 4.74 Å². The van der Waals surface area contributed by atoms with Crippen molar-refractivity contribution in [1.29, 1.82) is 0 Å². The Kier molecular flexibility index (Phi) is 5.64. The molecular formula is C26H22ClFN7O4+. The molecule has 5 heterocycles. The number of aliphatic hydroxyl groups excluding tert-OH is 1. The van der Waals surface area contributed by atoms with Gasteiger partial charge in [0, 0.05) is 23.5 Å². The maximum atomic E-state index is 15.3. The molecule has 2 fully saturated rings. The molecule has 0 saturated carbocycles. The van der Waals surface area contributed by atoms with Crippen molar-refractivity contribution in [2.24, 2.45) is 0 Å². The Hall–Kier alpha value is -3.89. The number of halogens is 2. The first-order valence-electron chi connectivity index (χ1n) is 12.4. The van der Waals surface area contributed by atoms with Crippen molar-refractivity contribution in [1.82, 2.24) is 24.9 Å². The second kappa shape index (κ2) is 9.10. The minimum Gasteiger partial charge on any atom is -0.447 e. The van der Waals surface area contributed by atoms with Crippen LogP contribution in [0.5, 0.6) is 6.01 Å². The van der Waals surface area contributed by atoms with Crippen LogP contribution in [0, 0.1) is 12.4 Å². The zero-order chi connectivity index (χ0) is 26.7. The molecule has 0 unspecified atom stereocenters. The first-order valence-corrected chi connectivity index (χ1v) is 12.8. The summed E-state index contributed by atoms with van der Waals surface area (Å²) in [6, 6.07) is 4.96. The third kappa shape index (κ3) is 3.89. The number of rotatable bonds is 5. The molecule has 13 heteroatoms. The van der Waals surface area contributed by atoms with Crippen molar-refractivity contribution in [3.05, 3.63) is 63.7 Å². The molecule has 1 aliphatic carbocycles. The van der Waals surface area contributed by atoms with Gasteiger partial charge in [-0.2, -0.15) is 4.98 Å². The van der Waals surface area contributed by atoms with Crippen molar-refractivity contribution in [2.75, 3.05) is 18.5 Å². The SMILES string of the molecule is C#[N+][C@]12OC[C@@H](O)[C@H]1OC[C@H]2Oc1nc2nc(N[C@H]3CCc4cc(-c5cncnc5)cc(F)c43)c(Cl)cc2[nH]1. The van der Waals surface area contributed by atoms with Crippen molar-refractivity contribution >= 4 is 28.6 Å². The summed E-state index contributed by atoms with van der Waals surface area (Å²) in [6.45, 7) is 5.75. The molecule has 2 aliphatic heterocycles. The van der Waals surface area contributed by atoms with Crippen LogP contribution in [0.25, 0.3) is 27.1 Å². The molecule has 3 aromatic heterocycles. The van der Waals surface area contributed by atoms with E-state index >= 15 is 4.39 Å². The molecule has 3 aliphatic rings. The molecule has 2 saturated heterocycles. The molecule has 3 N–H and O–H groups in total. The molecule has 7 rings (SSSR count). The van der Waals surface area contributed by atoms with Gasteiger partial charge in [0.25, 0.3) is 12.6 Å². The number of aromatic amines is 1. The topological polar surface area (TPSA) is 132 Å². The van der Waals surface area contributed by atoms with Gasteiger partial charge in [0.1, 0.15) is 24.1 Å². The van der Waals surface area contributed by atoms with Crippen LogP contribution in [0.4, 0.5) is 10.2 Å². The molecule has 4 aromatic rings. The maximum Gasteiger partial charge on any atom is 0.452 e. The second-order valence-corrected chi connectivity index (χ2v) is 10.2. The van der Waals surface area contributed by atoms with Crippen molar-refractivity contribution in [3.63, 3.8) is 0 Å². The molecule has 0 radical (unpaired) electrons. The molecule has 0 bridgehead atoms. The third-order valence-corrected chi connectivity index (χ3v) is 7.75. The normalized spacial score (nSPS) is 27.3. The Morgan fingerprint density at radius 3 is 2.87 bits per heavy atom. The van der Waals surface area contributed by atoms with E-state index in [0.717, 1.165) is 16.7 Å². The lowest BCUT2D eigenvalue weighted by atomic mass is 10.0. The number of fused-ring (bicyclic) bond motifs is 3. The van der Waals surface area contributed by atoms with Gasteiger partial charge >= 0.3 is 5.72 Å². The smallest absolute Gasteiger partial charge is 0.447 e. The number of nitrogens with zero attached hydrogens (tertiary/aromatic N) is 5. The number of aromatic nitrogens is 5. The Morgan fingerprint density at radius 1 is 1.21 bits per heavy atom. The van der Waals surface area contributed by atoms with Crippen LogP contribution in [-0.4, -0.2) is 67.3 Å². The monoisotopic (exact) mass is 550 g/mol. The lowest BCUT2D eigenvalue weighted by Gasteiger charge is -2.17. The number of aryl methyl sites for hydroxylation is 1. The first kappa shape index (κ1) is 24.2. The fourth-order valence-electron chi connectivity index (χ4n) is 5.62. The third-order valence-electron chi connectivity index (χ3n) is 7.46. The van der Waals surface area contributed by atoms with E-state index < -0.39 is 24.0 Å². The van der Waals surface area contributed by atoms with Crippen LogP contribution < -0.4 is 10.1 Å². The zero-order valence-corrected chi connectivity index (χ0v) is 21.1. The van der Waals surface area contributed by atoms with E-state index in [-0.39, 0.29) is 31.1 Å². The van der Waals surface area contributed by atoms with E-state index in [0.29, 0.717) is 40.4 Å². The largest absolute Gasteiger partial charge is 0.452 e. The summed E-state index contributed by atoms with van der Waals surface area (Å²) in [5.74, 6) is 0.0598. The summed E-state index contributed by atoms with van der Waals surface area (Å²) in [5.41, 5.74) is 2.54. The van der Waals surface area contributed by atoms with Gasteiger partial charge in [0.2, 0.25) is 6.10 Å². The quantitative estimate of drug-likeness (QED) is 0.341. The van der Waals surface area contributed by atoms with Crippen LogP contribution in [0.2, 0.25) is 5.02 Å². The summed E-state index contributed by atoms with van der Waals surface area (Å²) in [7, 11) is 0. The predicted octanol–water partition coefficient (Wildman–Crippen LogP) is 3.50. The number of hydrogen-bond acceptors (Lipinski definition) is 9. The van der Waals surface area contributed by atoms with Gasteiger partial charge < -0.3 is 24.9 Å². The summed E-state index contributed by atoms with van der Waals surface area (Å²) in [6.07, 6.45) is 3.80. The number of benzene rings is 1. The van der Waals surface area contributed by atoms with Gasteiger partial charge in [-0.15, -0.1) is 0 Å². The number of hydrogen-bond donors (Lipinski definition) is 3. The van der Waals surface area contributed by atoms with Gasteiger partial charge in [0.15, 0.2) is 11.8 Å². The number of nitrogens with one attached hydrogen (secondary N) is 2. The van der Waals surface area contributed by atoms with Gasteiger partial charge in [-0.1, -0.05) is 17.7 Å². The van der Waals surface area contributed by atoms with Crippen molar-refractivity contribution in [3.8, 4) is 23.7 Å². The van der Waals surface area contributed by atoms with Gasteiger partial charge in [0.05, 0.1) is 29.8 Å². The standard InChI is InChI=1S/C26H22ClFN7O4/c1-29-26-20(10-37-22(26)19(36)9-38-26)39-25-33-18-6-15(27)23(34-24(18)35-25)32-17-3-2-12-4-13(5-16(28)21(12)17)14-7-30-11-31-8-14/h1,4-8,11,17,19-20,22,36H,2-3,9-10H2,(H2,32,33,34,35)/q+1/t17-,19+,20+,22+,26+/m0/s1. The van der Waals surface area contributed by atoms with E-state index in [1.165, 1.54) is 12.4 Å². The van der Waals surface area contributed by atoms with Crippen LogP contribution >= 0.6 is 11.6 Å². The first-order chi connectivity index (χ1) is 18.9. The van der Waals surface area contributed by atoms with E-state index in [1.54, 1.807) is 18.5 Å². The van der Waals surface area contributed by atoms with E-state index in [4.69, 9.17) is 32.4 Å². The van der Waals surface area contributed by atoms with Crippen LogP contribution in [0.3, 0.4) is 0 Å². The zero-order valence-electron chi connectivity index (χ0n) is 20.3. The number of pyridine rings is 1. The highest BCUT2D eigenvalue weighted by molar-refractivity contribution is 6.33. The number of ether oxygens (including phenoxy) is 3. The molecule has 5 atom stereocenters. The molecule has 1 aromatic carbocycles. The van der Waals surface area contributed by atoms with Gasteiger partial charge in [-0.05, 0) is 40.9 Å². The number of H-pyrrole nitrogens is 1. The number of imidazole rings is 1. The Balaban J connectivity index is 1.13. The molecule has 11 nitrogen and oxygen atoms in total. The molecule has 198 valence electrons. The Bertz CT molecular complexity index is 1630. The molecule has 39 heavy (non-hydrogen) atoms. The lowest BCUT2D eigenvalue weighted by molar-refractivity contribution is -0.0343. The van der Waals surface area contributed by atoms with Crippen LogP contribution in [0.15, 0.2) is 36.9 Å². The predicted molar refractivity (Wildman–Crippen MR) is 138 cm³/mol. The van der Waals surface area contributed by atoms with E-state index in [2.05, 4.69) is 35.1 Å². The van der Waals surface area contributed by atoms with Crippen LogP contribution in [0.1, 0.15) is 23.6 Å². The average molecular weight is 551 g/mol. The summed E-state index contributed by atoms with van der Waals surface area (Å²) in [4.78, 5) is 23.9. The summed E-state index contributed by atoms with van der Waals surface area (Å²) in [5, 5.41) is 13.7. The van der Waals surface area contributed by atoms with Gasteiger partial charge in [-0.25, -0.2) is 19.3 Å². The van der Waals surface area contributed by atoms with Crippen molar-refractivity contribution < 1.29 is 23.7 Å². The van der Waals surface area contributed by atoms with Crippen LogP contribution in [-0.2, 0) is 15.9 Å². The Morgan fingerprint density at radius 2 is 2.05 bits per heavy atom. The van der Waals surface area contributed by atoms with E-state index in [9.17, 15) is 5.11 Å². The maximum absolute atomic E-state index is 15.3. The fourth-order valence-corrected chi connectivity index (χ4v) is 5.83. The number of anilines is 1. The summed E-state index contributed by atoms with van der Waals surface area (Å²) >= 11 is 6.55. The molecular weight excluding hydrogens is 529 g/mol. The molecule has 0 spiro atoms. The minimum absolute atomic E-state index is 0.0322. The number of aliphatic hydroxyl groups is 1. The summed E-state index contributed by atoms with van der Waals surface area (Å²) < 4.78 is 32.6. The lowest BCUT2D eigenvalue weighted by Crippen LogP contribution is -2.46. The van der Waals surface area contributed by atoms with E-state index in [1.807, 2.05) is 6.07 Å². The fraction of sp³-hybridized carbons (Fsp3) is 0.346. The Labute approximate surface area is 226 Å². The average Bonchev–Trinajstić information content (AvgIpc) is 3.69. The highest BCUT2D eigenvalue weighted by atomic mass is 35.5. The second-order valence-electron chi connectivity index (χ2n) is 9.75. The van der Waals surface area contributed by atoms with Crippen molar-refractivity contribution in [2.45, 2.75) is 42.9 Å².